The van der Waals surface area contributed by atoms with Crippen LogP contribution in [0.3, 0.4) is 0 Å². The molecule has 0 saturated heterocycles. The maximum Gasteiger partial charge on any atom is 0.260 e. The average Bonchev–Trinajstić information content (AvgIpc) is 2.56. The van der Waals surface area contributed by atoms with Crippen LogP contribution in [0.2, 0.25) is 5.02 Å². The lowest BCUT2D eigenvalue weighted by Crippen LogP contribution is -2.13. The summed E-state index contributed by atoms with van der Waals surface area (Å²) in [6.45, 7) is 6.67. The van der Waals surface area contributed by atoms with Gasteiger partial charge in [0.15, 0.2) is 0 Å². The van der Waals surface area contributed by atoms with Gasteiger partial charge < -0.3 is 14.8 Å². The van der Waals surface area contributed by atoms with Crippen LogP contribution in [0.15, 0.2) is 30.3 Å². The van der Waals surface area contributed by atoms with Gasteiger partial charge in [0.05, 0.1) is 7.11 Å². The zero-order chi connectivity index (χ0) is 17.7. The van der Waals surface area contributed by atoms with Gasteiger partial charge in [0, 0.05) is 16.3 Å². The second kappa shape index (κ2) is 8.36. The van der Waals surface area contributed by atoms with E-state index in [1.165, 1.54) is 23.8 Å². The van der Waals surface area contributed by atoms with Crippen LogP contribution in [0.25, 0.3) is 0 Å². The van der Waals surface area contributed by atoms with Gasteiger partial charge in [0.2, 0.25) is 0 Å². The van der Waals surface area contributed by atoms with E-state index in [1.807, 2.05) is 18.2 Å². The standard InChI is InChI=1S/C19H22ClNO2S/c1-5-14-9-12(2)13(3)10-18(14)23-11-15-16(20)7-6-8-17(15)21-19(24)22-4/h6-10H,5,11H2,1-4H3,(H,21,24). The number of aryl methyl sites for hydroxylation is 3. The number of ether oxygens (including phenoxy) is 2. The number of thiocarbonyl (C=S) groups is 1. The second-order valence-corrected chi connectivity index (χ2v) is 6.35. The van der Waals surface area contributed by atoms with E-state index in [-0.39, 0.29) is 0 Å². The van der Waals surface area contributed by atoms with Crippen molar-refractivity contribution in [1.82, 2.24) is 0 Å². The lowest BCUT2D eigenvalue weighted by Gasteiger charge is -2.17. The molecular weight excluding hydrogens is 342 g/mol. The van der Waals surface area contributed by atoms with Crippen LogP contribution in [0.5, 0.6) is 5.75 Å². The molecule has 0 amide bonds. The predicted molar refractivity (Wildman–Crippen MR) is 104 cm³/mol. The Hall–Kier alpha value is -1.78. The largest absolute Gasteiger partial charge is 0.488 e. The van der Waals surface area contributed by atoms with Crippen molar-refractivity contribution in [2.75, 3.05) is 12.4 Å². The first-order chi connectivity index (χ1) is 11.5. The quantitative estimate of drug-likeness (QED) is 0.716. The monoisotopic (exact) mass is 363 g/mol. The van der Waals surface area contributed by atoms with Crippen LogP contribution in [-0.4, -0.2) is 12.3 Å². The molecule has 0 aliphatic rings. The van der Waals surface area contributed by atoms with Gasteiger partial charge in [-0.25, -0.2) is 0 Å². The van der Waals surface area contributed by atoms with Crippen LogP contribution < -0.4 is 10.1 Å². The summed E-state index contributed by atoms with van der Waals surface area (Å²) in [5.74, 6) is 0.890. The molecule has 0 unspecified atom stereocenters. The Kier molecular flexibility index (Phi) is 6.46. The minimum Gasteiger partial charge on any atom is -0.488 e. The summed E-state index contributed by atoms with van der Waals surface area (Å²) in [6, 6.07) is 9.85. The van der Waals surface area contributed by atoms with Crippen LogP contribution in [-0.2, 0) is 17.8 Å². The van der Waals surface area contributed by atoms with Crippen LogP contribution in [0.4, 0.5) is 5.69 Å². The Labute approximate surface area is 153 Å². The van der Waals surface area contributed by atoms with Crippen molar-refractivity contribution in [3.63, 3.8) is 0 Å². The molecule has 0 aromatic heterocycles. The maximum absolute atomic E-state index is 6.35. The molecule has 1 N–H and O–H groups in total. The molecule has 0 atom stereocenters. The van der Waals surface area contributed by atoms with Crippen molar-refractivity contribution in [2.45, 2.75) is 33.8 Å². The van der Waals surface area contributed by atoms with Gasteiger partial charge in [0.1, 0.15) is 12.4 Å². The van der Waals surface area contributed by atoms with Gasteiger partial charge in [-0.1, -0.05) is 30.7 Å². The lowest BCUT2D eigenvalue weighted by atomic mass is 10.0. The molecule has 0 aliphatic heterocycles. The maximum atomic E-state index is 6.35. The fourth-order valence-electron chi connectivity index (χ4n) is 2.39. The average molecular weight is 364 g/mol. The van der Waals surface area contributed by atoms with E-state index >= 15 is 0 Å². The first kappa shape index (κ1) is 18.6. The minimum absolute atomic E-state index is 0.291. The lowest BCUT2D eigenvalue weighted by molar-refractivity contribution is 0.303. The molecule has 0 radical (unpaired) electrons. The number of benzene rings is 2. The summed E-state index contributed by atoms with van der Waals surface area (Å²) in [5.41, 5.74) is 5.30. The van der Waals surface area contributed by atoms with Crippen molar-refractivity contribution in [3.8, 4) is 5.75 Å². The van der Waals surface area contributed by atoms with Gasteiger partial charge in [-0.2, -0.15) is 0 Å². The highest BCUT2D eigenvalue weighted by atomic mass is 35.5. The highest BCUT2D eigenvalue weighted by Crippen LogP contribution is 2.29. The molecule has 2 aromatic carbocycles. The van der Waals surface area contributed by atoms with E-state index in [0.717, 1.165) is 23.4 Å². The third-order valence-electron chi connectivity index (χ3n) is 3.97. The molecular formula is C19H22ClNO2S. The van der Waals surface area contributed by atoms with Gasteiger partial charge in [-0.05, 0) is 67.4 Å². The van der Waals surface area contributed by atoms with E-state index in [9.17, 15) is 0 Å². The van der Waals surface area contributed by atoms with Crippen LogP contribution in [0.1, 0.15) is 29.2 Å². The number of anilines is 1. The highest BCUT2D eigenvalue weighted by molar-refractivity contribution is 7.80. The third kappa shape index (κ3) is 4.40. The van der Waals surface area contributed by atoms with Crippen LogP contribution >= 0.6 is 23.8 Å². The van der Waals surface area contributed by atoms with Crippen molar-refractivity contribution in [2.24, 2.45) is 0 Å². The van der Waals surface area contributed by atoms with Gasteiger partial charge >= 0.3 is 0 Å². The Morgan fingerprint density at radius 3 is 2.58 bits per heavy atom. The third-order valence-corrected chi connectivity index (χ3v) is 4.59. The molecule has 0 heterocycles. The molecule has 0 fully saturated rings. The number of hydrogen-bond acceptors (Lipinski definition) is 3. The summed E-state index contributed by atoms with van der Waals surface area (Å²) in [5, 5.41) is 3.95. The molecule has 2 rings (SSSR count). The molecule has 0 spiro atoms. The zero-order valence-electron chi connectivity index (χ0n) is 14.4. The van der Waals surface area contributed by atoms with Gasteiger partial charge in [-0.15, -0.1) is 0 Å². The summed E-state index contributed by atoms with van der Waals surface area (Å²) >= 11 is 11.4. The molecule has 0 saturated carbocycles. The van der Waals surface area contributed by atoms with Crippen molar-refractivity contribution < 1.29 is 9.47 Å². The minimum atomic E-state index is 0.291. The smallest absolute Gasteiger partial charge is 0.260 e. The number of nitrogens with one attached hydrogen (secondary N) is 1. The normalized spacial score (nSPS) is 10.4. The molecule has 24 heavy (non-hydrogen) atoms. The molecule has 128 valence electrons. The van der Waals surface area contributed by atoms with Gasteiger partial charge in [-0.3, -0.25) is 0 Å². The number of hydrogen-bond donors (Lipinski definition) is 1. The van der Waals surface area contributed by atoms with Crippen molar-refractivity contribution in [3.05, 3.63) is 57.6 Å². The Morgan fingerprint density at radius 1 is 1.21 bits per heavy atom. The first-order valence-electron chi connectivity index (χ1n) is 7.81. The Bertz CT molecular complexity index is 746. The first-order valence-corrected chi connectivity index (χ1v) is 8.60. The zero-order valence-corrected chi connectivity index (χ0v) is 16.0. The van der Waals surface area contributed by atoms with Crippen molar-refractivity contribution in [1.29, 1.82) is 0 Å². The fourth-order valence-corrected chi connectivity index (χ4v) is 2.73. The summed E-state index contributed by atoms with van der Waals surface area (Å²) in [4.78, 5) is 0. The summed E-state index contributed by atoms with van der Waals surface area (Å²) < 4.78 is 11.1. The van der Waals surface area contributed by atoms with E-state index in [0.29, 0.717) is 16.8 Å². The molecule has 0 aliphatic carbocycles. The van der Waals surface area contributed by atoms with E-state index in [1.54, 1.807) is 0 Å². The topological polar surface area (TPSA) is 30.5 Å². The van der Waals surface area contributed by atoms with Crippen molar-refractivity contribution >= 4 is 34.7 Å². The Morgan fingerprint density at radius 2 is 1.92 bits per heavy atom. The number of methoxy groups -OCH3 is 1. The second-order valence-electron chi connectivity index (χ2n) is 5.57. The highest BCUT2D eigenvalue weighted by Gasteiger charge is 2.12. The van der Waals surface area contributed by atoms with Crippen LogP contribution in [0, 0.1) is 13.8 Å². The summed E-state index contributed by atoms with van der Waals surface area (Å²) in [7, 11) is 1.53. The molecule has 5 heteroatoms. The summed E-state index contributed by atoms with van der Waals surface area (Å²) in [6.07, 6.45) is 0.915. The fraction of sp³-hybridized carbons (Fsp3) is 0.316. The van der Waals surface area contributed by atoms with E-state index in [4.69, 9.17) is 33.3 Å². The molecule has 3 nitrogen and oxygen atoms in total. The molecule has 0 bridgehead atoms. The Balaban J connectivity index is 2.26. The SMILES string of the molecule is CCc1cc(C)c(C)cc1OCc1c(Cl)cccc1NC(=S)OC. The van der Waals surface area contributed by atoms with E-state index in [2.05, 4.69) is 38.2 Å². The van der Waals surface area contributed by atoms with Gasteiger partial charge in [0.25, 0.3) is 5.17 Å². The molecule has 2 aromatic rings. The predicted octanol–water partition coefficient (Wildman–Crippen LogP) is 5.44. The van der Waals surface area contributed by atoms with E-state index < -0.39 is 0 Å². The number of rotatable bonds is 5. The number of halogens is 1.